The number of hydrogen-bond acceptors (Lipinski definition) is 2. The maximum Gasteiger partial charge on any atom is 0.165 e. The number of benzene rings is 1. The fourth-order valence-electron chi connectivity index (χ4n) is 2.71. The zero-order valence-electron chi connectivity index (χ0n) is 11.3. The highest BCUT2D eigenvalue weighted by molar-refractivity contribution is 5.99. The number of hydrogen-bond donors (Lipinski definition) is 0. The molecular formula is C17H17NO. The Morgan fingerprint density at radius 1 is 1.05 bits per heavy atom. The largest absolute Gasteiger partial charge is 0.294 e. The molecule has 2 nitrogen and oxygen atoms in total. The summed E-state index contributed by atoms with van der Waals surface area (Å²) in [6, 6.07) is 12.1. The molecule has 96 valence electrons. The van der Waals surface area contributed by atoms with Gasteiger partial charge in [0, 0.05) is 23.7 Å². The smallest absolute Gasteiger partial charge is 0.165 e. The van der Waals surface area contributed by atoms with Crippen LogP contribution in [0.4, 0.5) is 0 Å². The van der Waals surface area contributed by atoms with Crippen LogP contribution in [-0.4, -0.2) is 10.8 Å². The molecule has 1 aliphatic rings. The molecule has 0 aliphatic heterocycles. The van der Waals surface area contributed by atoms with E-state index in [1.54, 1.807) is 0 Å². The molecule has 0 fully saturated rings. The first-order valence-electron chi connectivity index (χ1n) is 6.63. The number of aromatic nitrogens is 1. The van der Waals surface area contributed by atoms with Crippen molar-refractivity contribution >= 4 is 5.78 Å². The van der Waals surface area contributed by atoms with Gasteiger partial charge in [0.25, 0.3) is 0 Å². The Labute approximate surface area is 113 Å². The third-order valence-corrected chi connectivity index (χ3v) is 3.66. The first kappa shape index (κ1) is 12.1. The molecule has 1 aliphatic carbocycles. The average Bonchev–Trinajstić information content (AvgIpc) is 2.38. The van der Waals surface area contributed by atoms with E-state index in [-0.39, 0.29) is 11.2 Å². The zero-order chi connectivity index (χ0) is 13.5. The fraction of sp³-hybridized carbons (Fsp3) is 0.294. The van der Waals surface area contributed by atoms with Gasteiger partial charge in [-0.3, -0.25) is 9.78 Å². The topological polar surface area (TPSA) is 30.0 Å². The molecule has 0 saturated heterocycles. The third-order valence-electron chi connectivity index (χ3n) is 3.66. The normalized spacial score (nSPS) is 17.1. The summed E-state index contributed by atoms with van der Waals surface area (Å²) in [6.07, 6.45) is 3.37. The van der Waals surface area contributed by atoms with Gasteiger partial charge in [0.2, 0.25) is 0 Å². The molecule has 0 unspecified atom stereocenters. The Morgan fingerprint density at radius 3 is 2.53 bits per heavy atom. The Bertz CT molecular complexity index is 629. The Hall–Kier alpha value is -1.96. The Morgan fingerprint density at radius 2 is 1.79 bits per heavy atom. The summed E-state index contributed by atoms with van der Waals surface area (Å²) < 4.78 is 0. The van der Waals surface area contributed by atoms with Gasteiger partial charge in [0.15, 0.2) is 5.78 Å². The van der Waals surface area contributed by atoms with Crippen molar-refractivity contribution in [1.29, 1.82) is 0 Å². The quantitative estimate of drug-likeness (QED) is 0.769. The van der Waals surface area contributed by atoms with Crippen molar-refractivity contribution in [1.82, 2.24) is 4.98 Å². The van der Waals surface area contributed by atoms with Gasteiger partial charge in [-0.05, 0) is 23.5 Å². The molecule has 19 heavy (non-hydrogen) atoms. The molecule has 1 heterocycles. The molecule has 2 aromatic rings. The maximum absolute atomic E-state index is 12.2. The van der Waals surface area contributed by atoms with Crippen molar-refractivity contribution in [3.05, 3.63) is 53.9 Å². The lowest BCUT2D eigenvalue weighted by molar-refractivity contribution is 0.0910. The lowest BCUT2D eigenvalue weighted by Gasteiger charge is -2.29. The van der Waals surface area contributed by atoms with E-state index in [0.717, 1.165) is 28.8 Å². The van der Waals surface area contributed by atoms with E-state index in [9.17, 15) is 4.79 Å². The van der Waals surface area contributed by atoms with E-state index in [1.807, 2.05) is 42.6 Å². The van der Waals surface area contributed by atoms with Crippen LogP contribution in [0.5, 0.6) is 0 Å². The van der Waals surface area contributed by atoms with Crippen molar-refractivity contribution in [2.75, 3.05) is 0 Å². The van der Waals surface area contributed by atoms with Gasteiger partial charge in [0.05, 0.1) is 5.69 Å². The lowest BCUT2D eigenvalue weighted by Crippen LogP contribution is -2.27. The number of carbonyl (C=O) groups excluding carboxylic acids is 1. The van der Waals surface area contributed by atoms with E-state index in [1.165, 1.54) is 0 Å². The second-order valence-electron chi connectivity index (χ2n) is 6.03. The van der Waals surface area contributed by atoms with Gasteiger partial charge < -0.3 is 0 Å². The molecule has 2 heteroatoms. The number of pyridine rings is 1. The summed E-state index contributed by atoms with van der Waals surface area (Å²) in [5.41, 5.74) is 3.91. The molecule has 1 aromatic carbocycles. The number of ketones is 1. The zero-order valence-corrected chi connectivity index (χ0v) is 11.3. The van der Waals surface area contributed by atoms with Crippen molar-refractivity contribution in [3.8, 4) is 11.1 Å². The van der Waals surface area contributed by atoms with Crippen LogP contribution in [0.2, 0.25) is 0 Å². The first-order chi connectivity index (χ1) is 9.05. The molecule has 3 rings (SSSR count). The van der Waals surface area contributed by atoms with Crippen LogP contribution in [-0.2, 0) is 6.42 Å². The second-order valence-corrected chi connectivity index (χ2v) is 6.03. The molecular weight excluding hydrogens is 234 g/mol. The molecule has 0 N–H and O–H groups in total. The molecule has 0 radical (unpaired) electrons. The summed E-state index contributed by atoms with van der Waals surface area (Å²) >= 11 is 0. The van der Waals surface area contributed by atoms with E-state index in [0.29, 0.717) is 6.42 Å². The van der Waals surface area contributed by atoms with Gasteiger partial charge in [-0.15, -0.1) is 0 Å². The highest BCUT2D eigenvalue weighted by atomic mass is 16.1. The van der Waals surface area contributed by atoms with Crippen LogP contribution < -0.4 is 0 Å². The monoisotopic (exact) mass is 251 g/mol. The molecule has 0 amide bonds. The van der Waals surface area contributed by atoms with Crippen LogP contribution in [0, 0.1) is 5.41 Å². The van der Waals surface area contributed by atoms with Crippen LogP contribution >= 0.6 is 0 Å². The van der Waals surface area contributed by atoms with Gasteiger partial charge in [0.1, 0.15) is 0 Å². The minimum absolute atomic E-state index is 0.0331. The van der Waals surface area contributed by atoms with Crippen LogP contribution in [0.15, 0.2) is 42.6 Å². The van der Waals surface area contributed by atoms with Crippen molar-refractivity contribution in [3.63, 3.8) is 0 Å². The Kier molecular flexibility index (Phi) is 2.74. The van der Waals surface area contributed by atoms with Crippen molar-refractivity contribution in [2.24, 2.45) is 5.41 Å². The van der Waals surface area contributed by atoms with Crippen molar-refractivity contribution in [2.45, 2.75) is 26.7 Å². The molecule has 0 atom stereocenters. The number of fused-ring (bicyclic) bond motifs is 1. The molecule has 0 saturated carbocycles. The van der Waals surface area contributed by atoms with E-state index in [4.69, 9.17) is 0 Å². The van der Waals surface area contributed by atoms with Crippen LogP contribution in [0.3, 0.4) is 0 Å². The summed E-state index contributed by atoms with van der Waals surface area (Å²) in [5, 5.41) is 0. The number of carbonyl (C=O) groups is 1. The minimum atomic E-state index is 0.0331. The van der Waals surface area contributed by atoms with E-state index < -0.39 is 0 Å². The average molecular weight is 251 g/mol. The predicted molar refractivity (Wildman–Crippen MR) is 76.1 cm³/mol. The minimum Gasteiger partial charge on any atom is -0.294 e. The molecule has 0 bridgehead atoms. The standard InChI is InChI=1S/C17H17NO/c1-17(2)9-15-14(16(19)10-17)8-13(11-18-15)12-6-4-3-5-7-12/h3-8,11H,9-10H2,1-2H3. The van der Waals surface area contributed by atoms with E-state index >= 15 is 0 Å². The van der Waals surface area contributed by atoms with Crippen LogP contribution in [0.1, 0.15) is 36.3 Å². The summed E-state index contributed by atoms with van der Waals surface area (Å²) in [7, 11) is 0. The lowest BCUT2D eigenvalue weighted by atomic mass is 9.75. The van der Waals surface area contributed by atoms with Gasteiger partial charge in [-0.2, -0.15) is 0 Å². The summed E-state index contributed by atoms with van der Waals surface area (Å²) in [5.74, 6) is 0.219. The number of rotatable bonds is 1. The highest BCUT2D eigenvalue weighted by Gasteiger charge is 2.31. The molecule has 1 aromatic heterocycles. The van der Waals surface area contributed by atoms with Gasteiger partial charge >= 0.3 is 0 Å². The van der Waals surface area contributed by atoms with Gasteiger partial charge in [-0.1, -0.05) is 44.2 Å². The van der Waals surface area contributed by atoms with Crippen molar-refractivity contribution < 1.29 is 4.79 Å². The predicted octanol–water partition coefficient (Wildman–Crippen LogP) is 3.90. The van der Waals surface area contributed by atoms with E-state index in [2.05, 4.69) is 18.8 Å². The molecule has 0 spiro atoms. The first-order valence-corrected chi connectivity index (χ1v) is 6.63. The Balaban J connectivity index is 2.06. The SMILES string of the molecule is CC1(C)CC(=O)c2cc(-c3ccccc3)cnc2C1. The van der Waals surface area contributed by atoms with Crippen LogP contribution in [0.25, 0.3) is 11.1 Å². The third kappa shape index (κ3) is 2.30. The summed E-state index contributed by atoms with van der Waals surface area (Å²) in [4.78, 5) is 16.8. The number of Topliss-reactive ketones (excluding diaryl/α,β-unsaturated/α-hetero) is 1. The maximum atomic E-state index is 12.2. The highest BCUT2D eigenvalue weighted by Crippen LogP contribution is 2.35. The number of nitrogens with zero attached hydrogens (tertiary/aromatic N) is 1. The summed E-state index contributed by atoms with van der Waals surface area (Å²) in [6.45, 7) is 4.25. The van der Waals surface area contributed by atoms with Gasteiger partial charge in [-0.25, -0.2) is 0 Å². The second kappa shape index (κ2) is 4.30. The fourth-order valence-corrected chi connectivity index (χ4v) is 2.71.